The largest absolute Gasteiger partial charge is 0.497 e. The Morgan fingerprint density at radius 1 is 1.05 bits per heavy atom. The summed E-state index contributed by atoms with van der Waals surface area (Å²) < 4.78 is 10.7. The molecule has 1 aliphatic heterocycles. The van der Waals surface area contributed by atoms with E-state index in [4.69, 9.17) is 15.2 Å². The SMILES string of the molecule is CCN1CCN(C(CN)c2cc(OC)cc(OC)c2)CC1. The molecule has 21 heavy (non-hydrogen) atoms. The van der Waals surface area contributed by atoms with E-state index in [1.165, 1.54) is 5.56 Å². The molecular weight excluding hydrogens is 266 g/mol. The fourth-order valence-electron chi connectivity index (χ4n) is 2.91. The number of nitrogens with two attached hydrogens (primary N) is 1. The lowest BCUT2D eigenvalue weighted by atomic mass is 10.0. The summed E-state index contributed by atoms with van der Waals surface area (Å²) in [6.45, 7) is 8.24. The van der Waals surface area contributed by atoms with Crippen molar-refractivity contribution in [2.45, 2.75) is 13.0 Å². The second-order valence-electron chi connectivity index (χ2n) is 5.37. The molecule has 1 atom stereocenters. The molecule has 0 bridgehead atoms. The average molecular weight is 293 g/mol. The number of hydrogen-bond acceptors (Lipinski definition) is 5. The van der Waals surface area contributed by atoms with Gasteiger partial charge in [-0.05, 0) is 24.2 Å². The molecule has 1 aromatic rings. The average Bonchev–Trinajstić information content (AvgIpc) is 2.55. The number of ether oxygens (including phenoxy) is 2. The van der Waals surface area contributed by atoms with Crippen molar-refractivity contribution >= 4 is 0 Å². The summed E-state index contributed by atoms with van der Waals surface area (Å²) in [7, 11) is 3.35. The summed E-state index contributed by atoms with van der Waals surface area (Å²) in [5.74, 6) is 1.63. The highest BCUT2D eigenvalue weighted by molar-refractivity contribution is 5.40. The van der Waals surface area contributed by atoms with Crippen molar-refractivity contribution in [3.8, 4) is 11.5 Å². The first-order chi connectivity index (χ1) is 10.2. The van der Waals surface area contributed by atoms with Crippen LogP contribution in [-0.2, 0) is 0 Å². The van der Waals surface area contributed by atoms with Crippen LogP contribution >= 0.6 is 0 Å². The van der Waals surface area contributed by atoms with Crippen molar-refractivity contribution in [3.05, 3.63) is 23.8 Å². The van der Waals surface area contributed by atoms with Gasteiger partial charge in [-0.15, -0.1) is 0 Å². The predicted molar refractivity (Wildman–Crippen MR) is 85.0 cm³/mol. The van der Waals surface area contributed by atoms with Crippen LogP contribution in [-0.4, -0.2) is 63.3 Å². The second-order valence-corrected chi connectivity index (χ2v) is 5.37. The number of benzene rings is 1. The Morgan fingerprint density at radius 3 is 2.05 bits per heavy atom. The first kappa shape index (κ1) is 16.1. The van der Waals surface area contributed by atoms with Crippen LogP contribution in [0, 0.1) is 0 Å². The molecule has 2 rings (SSSR count). The van der Waals surface area contributed by atoms with Crippen LogP contribution in [0.4, 0.5) is 0 Å². The minimum Gasteiger partial charge on any atom is -0.497 e. The zero-order chi connectivity index (χ0) is 15.2. The van der Waals surface area contributed by atoms with E-state index in [1.54, 1.807) is 14.2 Å². The van der Waals surface area contributed by atoms with Gasteiger partial charge in [-0.25, -0.2) is 0 Å². The number of nitrogens with zero attached hydrogens (tertiary/aromatic N) is 2. The molecule has 0 radical (unpaired) electrons. The zero-order valence-corrected chi connectivity index (χ0v) is 13.3. The normalized spacial score (nSPS) is 18.5. The van der Waals surface area contributed by atoms with Gasteiger partial charge in [-0.2, -0.15) is 0 Å². The van der Waals surface area contributed by atoms with E-state index in [9.17, 15) is 0 Å². The van der Waals surface area contributed by atoms with E-state index in [2.05, 4.69) is 28.9 Å². The number of rotatable bonds is 6. The van der Waals surface area contributed by atoms with E-state index < -0.39 is 0 Å². The fourth-order valence-corrected chi connectivity index (χ4v) is 2.91. The first-order valence-corrected chi connectivity index (χ1v) is 7.61. The molecule has 0 aromatic heterocycles. The zero-order valence-electron chi connectivity index (χ0n) is 13.3. The van der Waals surface area contributed by atoms with Gasteiger partial charge in [0.1, 0.15) is 11.5 Å². The molecule has 5 nitrogen and oxygen atoms in total. The quantitative estimate of drug-likeness (QED) is 0.858. The second kappa shape index (κ2) is 7.64. The van der Waals surface area contributed by atoms with Crippen LogP contribution < -0.4 is 15.2 Å². The fraction of sp³-hybridized carbons (Fsp3) is 0.625. The van der Waals surface area contributed by atoms with Gasteiger partial charge in [0.25, 0.3) is 0 Å². The van der Waals surface area contributed by atoms with E-state index in [0.29, 0.717) is 6.54 Å². The summed E-state index contributed by atoms with van der Waals surface area (Å²) in [6, 6.07) is 6.23. The summed E-state index contributed by atoms with van der Waals surface area (Å²) in [5.41, 5.74) is 7.21. The van der Waals surface area contributed by atoms with Crippen molar-refractivity contribution in [1.82, 2.24) is 9.80 Å². The standard InChI is InChI=1S/C16H27N3O2/c1-4-18-5-7-19(8-6-18)16(12-17)13-9-14(20-2)11-15(10-13)21-3/h9-11,16H,4-8,12,17H2,1-3H3. The summed E-state index contributed by atoms with van der Waals surface area (Å²) >= 11 is 0. The molecule has 1 saturated heterocycles. The lowest BCUT2D eigenvalue weighted by molar-refractivity contribution is 0.102. The van der Waals surface area contributed by atoms with Gasteiger partial charge in [0, 0.05) is 44.8 Å². The van der Waals surface area contributed by atoms with Crippen molar-refractivity contribution in [3.63, 3.8) is 0 Å². The van der Waals surface area contributed by atoms with E-state index in [-0.39, 0.29) is 6.04 Å². The highest BCUT2D eigenvalue weighted by Gasteiger charge is 2.24. The van der Waals surface area contributed by atoms with Gasteiger partial charge in [0.15, 0.2) is 0 Å². The van der Waals surface area contributed by atoms with Crippen LogP contribution in [0.25, 0.3) is 0 Å². The highest BCUT2D eigenvalue weighted by Crippen LogP contribution is 2.29. The van der Waals surface area contributed by atoms with Crippen molar-refractivity contribution in [2.24, 2.45) is 5.73 Å². The summed E-state index contributed by atoms with van der Waals surface area (Å²) in [6.07, 6.45) is 0. The topological polar surface area (TPSA) is 51.0 Å². The van der Waals surface area contributed by atoms with Gasteiger partial charge in [0.05, 0.1) is 14.2 Å². The van der Waals surface area contributed by atoms with Crippen LogP contribution in [0.3, 0.4) is 0 Å². The van der Waals surface area contributed by atoms with Gasteiger partial charge in [-0.1, -0.05) is 6.92 Å². The molecule has 1 aliphatic rings. The van der Waals surface area contributed by atoms with Crippen molar-refractivity contribution in [1.29, 1.82) is 0 Å². The number of piperazine rings is 1. The molecule has 1 fully saturated rings. The maximum Gasteiger partial charge on any atom is 0.122 e. The van der Waals surface area contributed by atoms with Crippen LogP contribution in [0.15, 0.2) is 18.2 Å². The smallest absolute Gasteiger partial charge is 0.122 e. The molecule has 1 unspecified atom stereocenters. The summed E-state index contributed by atoms with van der Waals surface area (Å²) in [5, 5.41) is 0. The Hall–Kier alpha value is -1.30. The molecule has 0 spiro atoms. The Labute approximate surface area is 127 Å². The van der Waals surface area contributed by atoms with Crippen LogP contribution in [0.2, 0.25) is 0 Å². The first-order valence-electron chi connectivity index (χ1n) is 7.61. The molecule has 0 aliphatic carbocycles. The third kappa shape index (κ3) is 3.87. The molecule has 1 heterocycles. The van der Waals surface area contributed by atoms with E-state index >= 15 is 0 Å². The van der Waals surface area contributed by atoms with Crippen LogP contribution in [0.5, 0.6) is 11.5 Å². The molecule has 0 saturated carbocycles. The lowest BCUT2D eigenvalue weighted by Crippen LogP contribution is -2.48. The molecule has 2 N–H and O–H groups in total. The number of hydrogen-bond donors (Lipinski definition) is 1. The minimum atomic E-state index is 0.216. The van der Waals surface area contributed by atoms with E-state index in [0.717, 1.165) is 44.2 Å². The molecule has 118 valence electrons. The Bertz CT molecular complexity index is 423. The third-order valence-corrected chi connectivity index (χ3v) is 4.28. The van der Waals surface area contributed by atoms with Gasteiger partial charge < -0.3 is 20.1 Å². The minimum absolute atomic E-state index is 0.216. The van der Waals surface area contributed by atoms with Crippen LogP contribution in [0.1, 0.15) is 18.5 Å². The maximum atomic E-state index is 6.05. The Kier molecular flexibility index (Phi) is 5.85. The van der Waals surface area contributed by atoms with Gasteiger partial charge in [-0.3, -0.25) is 4.90 Å². The molecule has 0 amide bonds. The van der Waals surface area contributed by atoms with Crippen molar-refractivity contribution < 1.29 is 9.47 Å². The maximum absolute atomic E-state index is 6.05. The number of likely N-dealkylation sites (N-methyl/N-ethyl adjacent to an activating group) is 1. The van der Waals surface area contributed by atoms with E-state index in [1.807, 2.05) is 6.07 Å². The number of methoxy groups -OCH3 is 2. The molecular formula is C16H27N3O2. The van der Waals surface area contributed by atoms with Gasteiger partial charge in [0.2, 0.25) is 0 Å². The molecule has 1 aromatic carbocycles. The highest BCUT2D eigenvalue weighted by atomic mass is 16.5. The van der Waals surface area contributed by atoms with Gasteiger partial charge >= 0.3 is 0 Å². The lowest BCUT2D eigenvalue weighted by Gasteiger charge is -2.38. The Balaban J connectivity index is 2.17. The monoisotopic (exact) mass is 293 g/mol. The summed E-state index contributed by atoms with van der Waals surface area (Å²) in [4.78, 5) is 4.93. The Morgan fingerprint density at radius 2 is 1.62 bits per heavy atom. The predicted octanol–water partition coefficient (Wildman–Crippen LogP) is 1.34. The van der Waals surface area contributed by atoms with Crippen molar-refractivity contribution in [2.75, 3.05) is 53.5 Å². The molecule has 5 heteroatoms. The third-order valence-electron chi connectivity index (χ3n) is 4.28.